The van der Waals surface area contributed by atoms with Crippen LogP contribution in [0.5, 0.6) is 0 Å². The molecule has 0 aromatic heterocycles. The van der Waals surface area contributed by atoms with Crippen LogP contribution < -0.4 is 51.4 Å². The Hall–Kier alpha value is 1.28. The van der Waals surface area contributed by atoms with Gasteiger partial charge in [0.05, 0.1) is 123 Å². The SMILES string of the molecule is C.C.CC(C)[Si](OC1C[C@@H]2O[C@@H]3C[C@@H]4O[C@@H]5[C@@H](C)[C@H](C)C6(CCCO6)O[C@H]5[C@@H](C)[C@H](C)[C@H]4O[C@H]3C[C@@H](C)C[C@H]2O[C@@]1(C)[C@H](C)CC1OCC[C@H]2O[C@H]3C=C[C@H]4O[C@H]5[C@H](C)[C@H]6OCC=CC[C@@H]6O[C@@H]5C[C@@H]4O[C@@H]3C/C=C\[C@@H]2O1)(C(C)C)C(C)C.I.O=S(=O)(O)C(F)(F)F.O=S(=O)(O)C(F)(F)F.O=S(=O)(O)C(F)(F)F.[2HH].[B].[H-].[HH].[K+].[Sc]. The van der Waals surface area contributed by atoms with E-state index in [-0.39, 0.29) is 280 Å². The van der Waals surface area contributed by atoms with Gasteiger partial charge in [-0.15, -0.1) is 24.0 Å². The zero-order chi connectivity index (χ0) is 77.9. The molecule has 12 heterocycles. The van der Waals surface area contributed by atoms with Crippen LogP contribution in [0.2, 0.25) is 16.6 Å². The van der Waals surface area contributed by atoms with Crippen molar-refractivity contribution >= 4 is 71.1 Å². The van der Waals surface area contributed by atoms with E-state index in [2.05, 4.69) is 133 Å². The maximum Gasteiger partial charge on any atom is 1.00 e. The zero-order valence-electron chi connectivity index (χ0n) is 65.4. The van der Waals surface area contributed by atoms with Crippen molar-refractivity contribution in [2.24, 2.45) is 41.4 Å². The normalized spacial score (nSPS) is 40.8. The van der Waals surface area contributed by atoms with Crippen LogP contribution in [0.15, 0.2) is 36.5 Å². The monoisotopic (exact) mass is 1860 g/mol. The summed E-state index contributed by atoms with van der Waals surface area (Å²) in [6.07, 6.45) is 19.5. The molecule has 0 amide bonds. The largest absolute Gasteiger partial charge is 1.00 e. The molecular weight excluding hydrogens is 1740 g/mol. The minimum Gasteiger partial charge on any atom is -1.00 e. The van der Waals surface area contributed by atoms with Gasteiger partial charge in [-0.1, -0.05) is 141 Å². The Morgan fingerprint density at radius 2 is 1.00 bits per heavy atom. The minimum atomic E-state index is -5.84. The van der Waals surface area contributed by atoms with Crippen LogP contribution in [0.3, 0.4) is 0 Å². The molecule has 9 fully saturated rings. The maximum atomic E-state index is 10.7. The van der Waals surface area contributed by atoms with Gasteiger partial charge in [-0.05, 0) is 91.7 Å². The molecule has 12 aliphatic heterocycles. The maximum absolute atomic E-state index is 10.7. The predicted octanol–water partition coefficient (Wildman–Crippen LogP) is 12.1. The Labute approximate surface area is 736 Å². The van der Waals surface area contributed by atoms with E-state index in [1.807, 2.05) is 0 Å². The molecule has 111 heavy (non-hydrogen) atoms. The van der Waals surface area contributed by atoms with Gasteiger partial charge in [0.25, 0.3) is 0 Å². The fourth-order valence-corrected chi connectivity index (χ4v) is 23.9. The molecular formula is C71H123BF9IKO23S3ScSi. The molecule has 3 N–H and O–H groups in total. The average Bonchev–Trinajstić information content (AvgIpc) is 1.43. The van der Waals surface area contributed by atoms with Crippen molar-refractivity contribution in [3.63, 3.8) is 0 Å². The van der Waals surface area contributed by atoms with E-state index in [0.717, 1.165) is 58.0 Å². The molecule has 4 radical (unpaired) electrons. The van der Waals surface area contributed by atoms with Gasteiger partial charge in [-0.25, -0.2) is 0 Å². The smallest absolute Gasteiger partial charge is 1.00 e. The molecule has 3 unspecified atom stereocenters. The summed E-state index contributed by atoms with van der Waals surface area (Å²) in [4.78, 5) is 0. The van der Waals surface area contributed by atoms with E-state index in [4.69, 9.17) is 105 Å². The van der Waals surface area contributed by atoms with Gasteiger partial charge in [-0.3, -0.25) is 13.7 Å². The van der Waals surface area contributed by atoms with Crippen molar-refractivity contribution in [2.75, 3.05) is 19.8 Å². The molecule has 12 rings (SSSR count). The molecule has 0 bridgehead atoms. The van der Waals surface area contributed by atoms with Gasteiger partial charge in [0.1, 0.15) is 18.3 Å². The van der Waals surface area contributed by atoms with Gasteiger partial charge >= 0.3 is 98.3 Å². The molecule has 0 aliphatic carbocycles. The molecule has 1 spiro atoms. The summed E-state index contributed by atoms with van der Waals surface area (Å²) < 4.78 is 272. The Morgan fingerprint density at radius 3 is 1.55 bits per heavy atom. The van der Waals surface area contributed by atoms with Crippen LogP contribution in [0, 0.1) is 41.4 Å². The van der Waals surface area contributed by atoms with Gasteiger partial charge in [0.2, 0.25) is 8.32 Å². The van der Waals surface area contributed by atoms with Crippen LogP contribution in [0.4, 0.5) is 39.5 Å². The third-order valence-corrected chi connectivity index (χ3v) is 32.1. The molecule has 0 aromatic carbocycles. The number of hydrogen-bond acceptors (Lipinski definition) is 20. The molecule has 9 saturated heterocycles. The fourth-order valence-electron chi connectivity index (χ4n) is 18.3. The third-order valence-electron chi connectivity index (χ3n) is 24.2. The van der Waals surface area contributed by atoms with E-state index in [1.165, 1.54) is 0 Å². The van der Waals surface area contributed by atoms with Crippen molar-refractivity contribution in [2.45, 2.75) is 349 Å². The quantitative estimate of drug-likeness (QED) is 0.0508. The van der Waals surface area contributed by atoms with Crippen LogP contribution in [-0.2, 0) is 122 Å². The van der Waals surface area contributed by atoms with E-state index in [9.17, 15) is 39.5 Å². The van der Waals surface area contributed by atoms with Crippen LogP contribution in [-0.4, -0.2) is 226 Å². The molecule has 23 nitrogen and oxygen atoms in total. The first-order chi connectivity index (χ1) is 48.5. The van der Waals surface area contributed by atoms with Gasteiger partial charge < -0.3 is 67.4 Å². The second-order valence-corrected chi connectivity index (χ2v) is 41.5. The van der Waals surface area contributed by atoms with Crippen molar-refractivity contribution in [3.05, 3.63) is 36.5 Å². The van der Waals surface area contributed by atoms with Crippen LogP contribution in [0.25, 0.3) is 0 Å². The third kappa shape index (κ3) is 24.4. The minimum absolute atomic E-state index is 0. The van der Waals surface area contributed by atoms with Crippen molar-refractivity contribution in [3.8, 4) is 0 Å². The van der Waals surface area contributed by atoms with Crippen LogP contribution >= 0.6 is 24.0 Å². The summed E-state index contributed by atoms with van der Waals surface area (Å²) in [6, 6.07) is 0. The fraction of sp³-hybridized carbons (Fsp3) is 0.915. The van der Waals surface area contributed by atoms with E-state index >= 15 is 0 Å². The molecule has 12 aliphatic rings. The van der Waals surface area contributed by atoms with Crippen molar-refractivity contribution < 1.29 is 226 Å². The Balaban J connectivity index is 0.00000337. The summed E-state index contributed by atoms with van der Waals surface area (Å²) in [5, 5.41) is 0. The molecule has 644 valence electrons. The van der Waals surface area contributed by atoms with Gasteiger partial charge in [-0.2, -0.15) is 64.8 Å². The first-order valence-electron chi connectivity index (χ1n) is 36.8. The summed E-state index contributed by atoms with van der Waals surface area (Å²) in [5.74, 6) is 1.06. The first kappa shape index (κ1) is 106. The number of halogens is 10. The van der Waals surface area contributed by atoms with E-state index < -0.39 is 72.9 Å². The Kier molecular flexibility index (Phi) is 40.4. The number of ether oxygens (including phenoxy) is 13. The number of alkyl halides is 9. The first-order valence-corrected chi connectivity index (χ1v) is 43.2. The van der Waals surface area contributed by atoms with E-state index in [1.54, 1.807) is 0 Å². The summed E-state index contributed by atoms with van der Waals surface area (Å²) in [6.45, 7) is 35.0. The Morgan fingerprint density at radius 1 is 0.532 bits per heavy atom. The predicted molar refractivity (Wildman–Crippen MR) is 403 cm³/mol. The van der Waals surface area contributed by atoms with Crippen molar-refractivity contribution in [1.29, 1.82) is 0 Å². The van der Waals surface area contributed by atoms with E-state index in [0.29, 0.717) is 55.0 Å². The summed E-state index contributed by atoms with van der Waals surface area (Å²) in [7, 11) is -19.9. The summed E-state index contributed by atoms with van der Waals surface area (Å²) in [5.41, 5.74) is -16.1. The zero-order valence-corrected chi connectivity index (χ0v) is 75.1. The van der Waals surface area contributed by atoms with Crippen LogP contribution in [0.1, 0.15) is 187 Å². The topological polar surface area (TPSA) is 292 Å². The van der Waals surface area contributed by atoms with Gasteiger partial charge in [0, 0.05) is 81.0 Å². The second-order valence-electron chi connectivity index (χ2n) is 31.9. The summed E-state index contributed by atoms with van der Waals surface area (Å²) >= 11 is 0. The molecule has 40 heteroatoms. The van der Waals surface area contributed by atoms with Gasteiger partial charge in [0.15, 0.2) is 12.1 Å². The Bertz CT molecular complexity index is 3260. The van der Waals surface area contributed by atoms with Crippen molar-refractivity contribution in [1.82, 2.24) is 0 Å². The molecule has 0 saturated carbocycles. The second kappa shape index (κ2) is 42.1. The number of rotatable bonds is 8. The number of hydrogen-bond donors (Lipinski definition) is 3. The molecule has 29 atom stereocenters. The standard InChI is InChI=1S/C66H106O14Si.3CHF3O3S.2CH4.B.HI.K.Sc.2H2.H/c1-35(2)81(36(3)4,37(5)6)80-58-34-54-55(30-38(7)29-51-53(73-54)33-57-61(76-51)40(9)41(10)64-63(77-57)42(11)44(13)66(79-64)25-18-27-69-66)78-65(58,14)39(8)31-59-67-28-24-49-46(74-59)21-17-20-45-47(70-49)22-23-48-52(71-45)32-56-62(75-48)43(12)60-50(72-56)19-15-16-26-68-60;3*2-1(3,4)8(5,6)7;;;;;;;;;/h15-17,21-23,35-64H,18-20,24-34H2,1-14H3;3*(H,5,6,7);2*1H4;;1H;;;2*1H;/q;;;;;;;;+1;;;;-1/b21-17-;;;;;;;;;;;;/t38-,39-,40+,41+,42+,43-,44+,45-,46+,47+,48-,49-,50+,51+,52+,53-,54+,55-,56-,57+,58?,59?,60-,61-,62+,63-,64+,65+,66?;;;;;;;;;;;;/m1............/s1/i;;;;;;;;;;1+1;;. The molecule has 0 aromatic rings. The number of fused-ring (bicyclic) bond motifs is 9. The average molecular weight is 1860 g/mol.